The Kier molecular flexibility index (Phi) is 11.6. The van der Waals surface area contributed by atoms with Gasteiger partial charge in [-0.2, -0.15) is 0 Å². The molecule has 1 heterocycles. The zero-order valence-corrected chi connectivity index (χ0v) is 34.0. The van der Waals surface area contributed by atoms with Crippen molar-refractivity contribution in [1.29, 1.82) is 0 Å². The summed E-state index contributed by atoms with van der Waals surface area (Å²) in [5, 5.41) is 13.4. The van der Waals surface area contributed by atoms with Gasteiger partial charge in [0.25, 0.3) is 0 Å². The summed E-state index contributed by atoms with van der Waals surface area (Å²) in [5.41, 5.74) is 8.39. The topological polar surface area (TPSA) is 42.5 Å². The lowest BCUT2D eigenvalue weighted by atomic mass is 9.91. The lowest BCUT2D eigenvalue weighted by Gasteiger charge is -2.31. The lowest BCUT2D eigenvalue weighted by Crippen LogP contribution is -2.19. The molecule has 0 unspecified atom stereocenters. The van der Waals surface area contributed by atoms with Crippen molar-refractivity contribution in [3.05, 3.63) is 206 Å². The van der Waals surface area contributed by atoms with Gasteiger partial charge in [0.05, 0.1) is 51.9 Å². The minimum atomic E-state index is -1.08. The number of nitrogens with one attached hydrogen (secondary N) is 2. The van der Waals surface area contributed by atoms with Crippen LogP contribution < -0.4 is 40.9 Å². The van der Waals surface area contributed by atoms with E-state index < -0.39 is 16.1 Å². The Hall–Kier alpha value is -6.18. The standard InChI is InChI=1S/C52H44N2O2P2/c1-7-21-39(22-8-1)45-33-35-47-49(51(45)53-57(41-25-11-3-12-26-41)42-27-13-4-14-28-42)50-48(56-38-20-19-37-55-47)36-34-46(40-23-9-2-10-24-40)52(50)54-58(43-29-15-5-16-30-43)44-31-17-6-18-32-44/h1-18,21-36,53-54H,19-20,37-38H2. The summed E-state index contributed by atoms with van der Waals surface area (Å²) in [6.45, 7) is 1.17. The average Bonchev–Trinajstić information content (AvgIpc) is 3.30. The molecule has 0 saturated carbocycles. The summed E-state index contributed by atoms with van der Waals surface area (Å²) >= 11 is 0. The van der Waals surface area contributed by atoms with Gasteiger partial charge in [-0.05, 0) is 48.2 Å². The van der Waals surface area contributed by atoms with Crippen LogP contribution in [0.15, 0.2) is 206 Å². The zero-order chi connectivity index (χ0) is 38.9. The van der Waals surface area contributed by atoms with E-state index in [1.165, 1.54) is 21.2 Å². The van der Waals surface area contributed by atoms with Crippen molar-refractivity contribution in [1.82, 2.24) is 0 Å². The molecule has 6 heteroatoms. The van der Waals surface area contributed by atoms with Gasteiger partial charge in [0.2, 0.25) is 0 Å². The molecule has 2 N–H and O–H groups in total. The van der Waals surface area contributed by atoms with Crippen LogP contribution in [0.25, 0.3) is 33.4 Å². The quantitative estimate of drug-likeness (QED) is 0.135. The molecular weight excluding hydrogens is 747 g/mol. The summed E-state index contributed by atoms with van der Waals surface area (Å²) in [6.07, 6.45) is 1.78. The van der Waals surface area contributed by atoms with E-state index in [4.69, 9.17) is 9.47 Å². The minimum absolute atomic E-state index is 0.587. The van der Waals surface area contributed by atoms with Gasteiger partial charge in [-0.25, -0.2) is 0 Å². The molecule has 58 heavy (non-hydrogen) atoms. The summed E-state index contributed by atoms with van der Waals surface area (Å²) in [5.74, 6) is 1.64. The highest BCUT2D eigenvalue weighted by atomic mass is 31.1. The van der Waals surface area contributed by atoms with E-state index in [1.807, 2.05) is 0 Å². The summed E-state index contributed by atoms with van der Waals surface area (Å²) in [6, 6.07) is 73.4. The van der Waals surface area contributed by atoms with Gasteiger partial charge >= 0.3 is 0 Å². The van der Waals surface area contributed by atoms with Crippen molar-refractivity contribution in [2.45, 2.75) is 12.8 Å². The molecule has 8 aromatic carbocycles. The molecule has 0 atom stereocenters. The first-order chi connectivity index (χ1) is 28.8. The van der Waals surface area contributed by atoms with Crippen molar-refractivity contribution in [2.24, 2.45) is 0 Å². The molecule has 0 fully saturated rings. The second-order valence-electron chi connectivity index (χ2n) is 14.1. The summed E-state index contributed by atoms with van der Waals surface area (Å²) < 4.78 is 13.8. The number of fused-ring (bicyclic) bond motifs is 3. The Morgan fingerprint density at radius 1 is 0.328 bits per heavy atom. The van der Waals surface area contributed by atoms with E-state index in [9.17, 15) is 0 Å². The highest BCUT2D eigenvalue weighted by molar-refractivity contribution is 7.74. The second-order valence-corrected chi connectivity index (χ2v) is 17.9. The molecule has 4 nitrogen and oxygen atoms in total. The monoisotopic (exact) mass is 790 g/mol. The van der Waals surface area contributed by atoms with Crippen molar-refractivity contribution < 1.29 is 9.47 Å². The smallest absolute Gasteiger partial charge is 0.129 e. The highest BCUT2D eigenvalue weighted by Gasteiger charge is 2.30. The maximum absolute atomic E-state index is 6.91. The van der Waals surface area contributed by atoms with E-state index in [0.29, 0.717) is 13.2 Å². The number of hydrogen-bond acceptors (Lipinski definition) is 4. The molecule has 1 aliphatic rings. The molecule has 0 amide bonds. The van der Waals surface area contributed by atoms with Gasteiger partial charge in [0.1, 0.15) is 11.5 Å². The van der Waals surface area contributed by atoms with Gasteiger partial charge in [0.15, 0.2) is 0 Å². The molecule has 0 bridgehead atoms. The Balaban J connectivity index is 1.37. The number of ether oxygens (including phenoxy) is 2. The van der Waals surface area contributed by atoms with Crippen LogP contribution in [0.4, 0.5) is 11.4 Å². The predicted octanol–water partition coefficient (Wildman–Crippen LogP) is 12.2. The zero-order valence-electron chi connectivity index (χ0n) is 32.2. The maximum Gasteiger partial charge on any atom is 0.129 e. The third-order valence-corrected chi connectivity index (χ3v) is 14.5. The third kappa shape index (κ3) is 8.13. The van der Waals surface area contributed by atoms with Crippen molar-refractivity contribution in [3.8, 4) is 44.9 Å². The lowest BCUT2D eigenvalue weighted by molar-refractivity contribution is 0.264. The molecule has 1 aliphatic heterocycles. The van der Waals surface area contributed by atoms with E-state index in [0.717, 1.165) is 69.1 Å². The highest BCUT2D eigenvalue weighted by Crippen LogP contribution is 2.56. The van der Waals surface area contributed by atoms with Gasteiger partial charge in [-0.15, -0.1) is 0 Å². The Morgan fingerprint density at radius 3 is 0.931 bits per heavy atom. The largest absolute Gasteiger partial charge is 0.493 e. The van der Waals surface area contributed by atoms with Gasteiger partial charge in [-0.3, -0.25) is 0 Å². The fraction of sp³-hybridized carbons (Fsp3) is 0.0769. The van der Waals surface area contributed by atoms with Gasteiger partial charge < -0.3 is 19.6 Å². The van der Waals surface area contributed by atoms with Gasteiger partial charge in [0, 0.05) is 32.3 Å². The molecular formula is C52H44N2O2P2. The van der Waals surface area contributed by atoms with Gasteiger partial charge in [-0.1, -0.05) is 182 Å². The Morgan fingerprint density at radius 2 is 0.621 bits per heavy atom. The first kappa shape index (κ1) is 37.4. The number of rotatable bonds is 10. The molecule has 9 rings (SSSR count). The van der Waals surface area contributed by atoms with Crippen LogP contribution in [0.1, 0.15) is 12.8 Å². The molecule has 0 aromatic heterocycles. The third-order valence-electron chi connectivity index (χ3n) is 10.3. The van der Waals surface area contributed by atoms with Crippen LogP contribution in [0.2, 0.25) is 0 Å². The first-order valence-corrected chi connectivity index (χ1v) is 22.5. The van der Waals surface area contributed by atoms with E-state index in [-0.39, 0.29) is 0 Å². The van der Waals surface area contributed by atoms with Crippen LogP contribution in [0.3, 0.4) is 0 Å². The first-order valence-electron chi connectivity index (χ1n) is 19.9. The fourth-order valence-corrected chi connectivity index (χ4v) is 11.4. The molecule has 0 saturated heterocycles. The Bertz CT molecular complexity index is 2300. The summed E-state index contributed by atoms with van der Waals surface area (Å²) in [7, 11) is -2.16. The predicted molar refractivity (Wildman–Crippen MR) is 248 cm³/mol. The van der Waals surface area contributed by atoms with Crippen LogP contribution in [0, 0.1) is 0 Å². The molecule has 8 aromatic rings. The SMILES string of the molecule is c1ccc(-c2ccc3c(c2NP(c2ccccc2)c2ccccc2)-c2c(ccc(-c4ccccc4)c2NP(c2ccccc2)c2ccccc2)OCCCCO3)cc1. The molecule has 284 valence electrons. The minimum Gasteiger partial charge on any atom is -0.493 e. The maximum atomic E-state index is 6.91. The van der Waals surface area contributed by atoms with Crippen LogP contribution in [0.5, 0.6) is 11.5 Å². The fourth-order valence-electron chi connectivity index (χ4n) is 7.51. The molecule has 0 aliphatic carbocycles. The normalized spacial score (nSPS) is 12.4. The van der Waals surface area contributed by atoms with E-state index in [1.54, 1.807) is 0 Å². The molecule has 0 radical (unpaired) electrons. The van der Waals surface area contributed by atoms with Crippen molar-refractivity contribution in [3.63, 3.8) is 0 Å². The second kappa shape index (κ2) is 18.0. The van der Waals surface area contributed by atoms with E-state index >= 15 is 0 Å². The number of benzene rings is 8. The van der Waals surface area contributed by atoms with Crippen LogP contribution in [-0.4, -0.2) is 13.2 Å². The van der Waals surface area contributed by atoms with Crippen molar-refractivity contribution >= 4 is 48.7 Å². The average molecular weight is 791 g/mol. The van der Waals surface area contributed by atoms with Crippen LogP contribution in [-0.2, 0) is 0 Å². The number of anilines is 2. The summed E-state index contributed by atoms with van der Waals surface area (Å²) in [4.78, 5) is 0. The molecule has 0 spiro atoms. The van der Waals surface area contributed by atoms with E-state index in [2.05, 4.69) is 216 Å². The number of hydrogen-bond donors (Lipinski definition) is 2. The van der Waals surface area contributed by atoms with Crippen LogP contribution >= 0.6 is 16.1 Å². The van der Waals surface area contributed by atoms with Crippen molar-refractivity contribution in [2.75, 3.05) is 23.4 Å². The Labute approximate surface area is 344 Å².